The van der Waals surface area contributed by atoms with Gasteiger partial charge in [0.25, 0.3) is 0 Å². The number of nitrogens with one attached hydrogen (secondary N) is 1. The van der Waals surface area contributed by atoms with Gasteiger partial charge >= 0.3 is 0 Å². The van der Waals surface area contributed by atoms with Crippen LogP contribution in [-0.2, 0) is 6.54 Å². The van der Waals surface area contributed by atoms with Gasteiger partial charge in [-0.15, -0.1) is 0 Å². The minimum absolute atomic E-state index is 0.643. The Bertz CT molecular complexity index is 546. The topological polar surface area (TPSA) is 30.5 Å². The number of halogens is 1. The van der Waals surface area contributed by atoms with Crippen LogP contribution in [0.4, 0.5) is 0 Å². The Morgan fingerprint density at radius 1 is 1.10 bits per heavy atom. The third-order valence-electron chi connectivity index (χ3n) is 3.06. The zero-order valence-electron chi connectivity index (χ0n) is 12.1. The quantitative estimate of drug-likeness (QED) is 0.750. The molecule has 0 aliphatic carbocycles. The van der Waals surface area contributed by atoms with E-state index in [0.717, 1.165) is 30.8 Å². The molecule has 21 heavy (non-hydrogen) atoms. The third-order valence-corrected chi connectivity index (χ3v) is 3.35. The largest absolute Gasteiger partial charge is 0.495 e. The molecule has 0 spiro atoms. The maximum Gasteiger partial charge on any atom is 0.137 e. The van der Waals surface area contributed by atoms with Crippen molar-refractivity contribution >= 4 is 11.6 Å². The van der Waals surface area contributed by atoms with E-state index in [9.17, 15) is 0 Å². The van der Waals surface area contributed by atoms with Gasteiger partial charge < -0.3 is 14.8 Å². The minimum atomic E-state index is 0.643. The normalized spacial score (nSPS) is 10.4. The van der Waals surface area contributed by atoms with Crippen LogP contribution in [0.15, 0.2) is 48.5 Å². The van der Waals surface area contributed by atoms with E-state index < -0.39 is 0 Å². The van der Waals surface area contributed by atoms with Crippen molar-refractivity contribution in [2.75, 3.05) is 20.3 Å². The molecule has 0 saturated carbocycles. The molecule has 0 unspecified atom stereocenters. The van der Waals surface area contributed by atoms with Crippen molar-refractivity contribution in [1.82, 2.24) is 5.32 Å². The number of rotatable bonds is 8. The molecule has 0 bridgehead atoms. The Hall–Kier alpha value is -1.71. The van der Waals surface area contributed by atoms with Crippen molar-refractivity contribution in [3.8, 4) is 11.5 Å². The average molecular weight is 306 g/mol. The molecule has 2 aromatic carbocycles. The second-order valence-electron chi connectivity index (χ2n) is 4.66. The lowest BCUT2D eigenvalue weighted by molar-refractivity contribution is 0.308. The van der Waals surface area contributed by atoms with Gasteiger partial charge in [-0.25, -0.2) is 0 Å². The summed E-state index contributed by atoms with van der Waals surface area (Å²) in [4.78, 5) is 0. The standard InChI is InChI=1S/C17H20ClNO2/c1-20-17-9-8-14(12-16(17)18)13-19-10-5-11-21-15-6-3-2-4-7-15/h2-4,6-9,12,19H,5,10-11,13H2,1H3. The predicted molar refractivity (Wildman–Crippen MR) is 86.3 cm³/mol. The van der Waals surface area contributed by atoms with Crippen molar-refractivity contribution < 1.29 is 9.47 Å². The number of ether oxygens (including phenoxy) is 2. The molecular formula is C17H20ClNO2. The maximum absolute atomic E-state index is 6.09. The van der Waals surface area contributed by atoms with Crippen molar-refractivity contribution in [3.05, 3.63) is 59.1 Å². The molecule has 0 atom stereocenters. The van der Waals surface area contributed by atoms with Crippen molar-refractivity contribution in [2.24, 2.45) is 0 Å². The summed E-state index contributed by atoms with van der Waals surface area (Å²) in [5, 5.41) is 4.02. The van der Waals surface area contributed by atoms with E-state index in [0.29, 0.717) is 17.4 Å². The number of hydrogen-bond acceptors (Lipinski definition) is 3. The lowest BCUT2D eigenvalue weighted by atomic mass is 10.2. The SMILES string of the molecule is COc1ccc(CNCCCOc2ccccc2)cc1Cl. The van der Waals surface area contributed by atoms with E-state index in [4.69, 9.17) is 21.1 Å². The van der Waals surface area contributed by atoms with E-state index >= 15 is 0 Å². The number of benzene rings is 2. The molecular weight excluding hydrogens is 286 g/mol. The molecule has 1 N–H and O–H groups in total. The molecule has 0 saturated heterocycles. The fourth-order valence-electron chi connectivity index (χ4n) is 1.96. The Kier molecular flexibility index (Phi) is 6.38. The van der Waals surface area contributed by atoms with Crippen LogP contribution in [-0.4, -0.2) is 20.3 Å². The van der Waals surface area contributed by atoms with E-state index in [-0.39, 0.29) is 0 Å². The zero-order valence-corrected chi connectivity index (χ0v) is 12.9. The zero-order chi connectivity index (χ0) is 14.9. The van der Waals surface area contributed by atoms with Gasteiger partial charge in [0.1, 0.15) is 11.5 Å². The van der Waals surface area contributed by atoms with E-state index in [1.54, 1.807) is 7.11 Å². The van der Waals surface area contributed by atoms with Crippen LogP contribution in [0.2, 0.25) is 5.02 Å². The van der Waals surface area contributed by atoms with Gasteiger partial charge in [-0.2, -0.15) is 0 Å². The molecule has 2 rings (SSSR count). The lowest BCUT2D eigenvalue weighted by Gasteiger charge is -2.08. The van der Waals surface area contributed by atoms with Gasteiger partial charge in [0.15, 0.2) is 0 Å². The van der Waals surface area contributed by atoms with Crippen LogP contribution >= 0.6 is 11.6 Å². The van der Waals surface area contributed by atoms with Gasteiger partial charge in [-0.05, 0) is 42.8 Å². The fraction of sp³-hybridized carbons (Fsp3) is 0.294. The maximum atomic E-state index is 6.09. The van der Waals surface area contributed by atoms with E-state index in [1.165, 1.54) is 0 Å². The molecule has 3 nitrogen and oxygen atoms in total. The van der Waals surface area contributed by atoms with Gasteiger partial charge in [-0.3, -0.25) is 0 Å². The second-order valence-corrected chi connectivity index (χ2v) is 5.07. The van der Waals surface area contributed by atoms with Gasteiger partial charge in [0.05, 0.1) is 18.7 Å². The predicted octanol–water partition coefficient (Wildman–Crippen LogP) is 3.91. The Labute approximate surface area is 130 Å². The first-order valence-corrected chi connectivity index (χ1v) is 7.38. The molecule has 0 radical (unpaired) electrons. The molecule has 112 valence electrons. The summed E-state index contributed by atoms with van der Waals surface area (Å²) in [5.74, 6) is 1.62. The van der Waals surface area contributed by atoms with Crippen LogP contribution < -0.4 is 14.8 Å². The number of methoxy groups -OCH3 is 1. The average Bonchev–Trinajstić information content (AvgIpc) is 2.52. The van der Waals surface area contributed by atoms with Crippen LogP contribution in [0.25, 0.3) is 0 Å². The molecule has 0 fully saturated rings. The van der Waals surface area contributed by atoms with E-state index in [2.05, 4.69) is 5.32 Å². The third kappa shape index (κ3) is 5.29. The molecule has 0 aliphatic heterocycles. The van der Waals surface area contributed by atoms with Crippen LogP contribution in [0.1, 0.15) is 12.0 Å². The Balaban J connectivity index is 1.62. The second kappa shape index (κ2) is 8.55. The molecule has 0 heterocycles. The smallest absolute Gasteiger partial charge is 0.137 e. The Morgan fingerprint density at radius 3 is 2.62 bits per heavy atom. The lowest BCUT2D eigenvalue weighted by Crippen LogP contribution is -2.17. The summed E-state index contributed by atoms with van der Waals surface area (Å²) in [5.41, 5.74) is 1.14. The molecule has 2 aromatic rings. The van der Waals surface area contributed by atoms with Crippen LogP contribution in [0, 0.1) is 0 Å². The van der Waals surface area contributed by atoms with Gasteiger partial charge in [0.2, 0.25) is 0 Å². The molecule has 0 amide bonds. The number of para-hydroxylation sites is 1. The number of hydrogen-bond donors (Lipinski definition) is 1. The summed E-state index contributed by atoms with van der Waals surface area (Å²) in [6, 6.07) is 15.7. The monoisotopic (exact) mass is 305 g/mol. The van der Waals surface area contributed by atoms with E-state index in [1.807, 2.05) is 48.5 Å². The first-order chi connectivity index (χ1) is 10.3. The van der Waals surface area contributed by atoms with Crippen LogP contribution in [0.3, 0.4) is 0 Å². The fourth-order valence-corrected chi connectivity index (χ4v) is 2.24. The summed E-state index contributed by atoms with van der Waals surface area (Å²) >= 11 is 6.09. The molecule has 0 aliphatic rings. The van der Waals surface area contributed by atoms with Gasteiger partial charge in [0, 0.05) is 6.54 Å². The molecule has 0 aromatic heterocycles. The minimum Gasteiger partial charge on any atom is -0.495 e. The highest BCUT2D eigenvalue weighted by molar-refractivity contribution is 6.32. The Morgan fingerprint density at radius 2 is 1.90 bits per heavy atom. The highest BCUT2D eigenvalue weighted by atomic mass is 35.5. The van der Waals surface area contributed by atoms with Crippen LogP contribution in [0.5, 0.6) is 11.5 Å². The van der Waals surface area contributed by atoms with Gasteiger partial charge in [-0.1, -0.05) is 35.9 Å². The highest BCUT2D eigenvalue weighted by Gasteiger charge is 2.01. The summed E-state index contributed by atoms with van der Waals surface area (Å²) in [6.45, 7) is 2.39. The van der Waals surface area contributed by atoms with Crippen molar-refractivity contribution in [3.63, 3.8) is 0 Å². The summed E-state index contributed by atoms with van der Waals surface area (Å²) < 4.78 is 10.8. The first-order valence-electron chi connectivity index (χ1n) is 7.00. The van der Waals surface area contributed by atoms with Crippen molar-refractivity contribution in [2.45, 2.75) is 13.0 Å². The summed E-state index contributed by atoms with van der Waals surface area (Å²) in [6.07, 6.45) is 0.957. The van der Waals surface area contributed by atoms with Crippen molar-refractivity contribution in [1.29, 1.82) is 0 Å². The molecule has 4 heteroatoms. The summed E-state index contributed by atoms with van der Waals surface area (Å²) in [7, 11) is 1.62. The first kappa shape index (κ1) is 15.7. The highest BCUT2D eigenvalue weighted by Crippen LogP contribution is 2.24.